The molecule has 2 bridgehead atoms. The molecular formula is C20H28N2O2. The fourth-order valence-electron chi connectivity index (χ4n) is 4.24. The van der Waals surface area contributed by atoms with Gasteiger partial charge in [-0.05, 0) is 60.1 Å². The van der Waals surface area contributed by atoms with Gasteiger partial charge in [-0.15, -0.1) is 0 Å². The molecule has 4 heteroatoms. The Balaban J connectivity index is 1.47. The smallest absolute Gasteiger partial charge is 0.269 e. The first-order valence-electron chi connectivity index (χ1n) is 9.02. The van der Waals surface area contributed by atoms with Gasteiger partial charge in [0, 0.05) is 12.0 Å². The predicted octanol–water partition coefficient (Wildman–Crippen LogP) is 3.57. The molecule has 0 heterocycles. The van der Waals surface area contributed by atoms with Crippen LogP contribution in [-0.2, 0) is 10.2 Å². The van der Waals surface area contributed by atoms with Crippen LogP contribution in [-0.4, -0.2) is 11.8 Å². The van der Waals surface area contributed by atoms with Crippen molar-refractivity contribution >= 4 is 11.8 Å². The number of carbonyl (C=O) groups excluding carboxylic acids is 2. The highest BCUT2D eigenvalue weighted by Gasteiger charge is 2.40. The van der Waals surface area contributed by atoms with E-state index in [0.29, 0.717) is 17.9 Å². The van der Waals surface area contributed by atoms with Gasteiger partial charge in [-0.2, -0.15) is 0 Å². The minimum Gasteiger partial charge on any atom is -0.273 e. The third-order valence-corrected chi connectivity index (χ3v) is 5.66. The molecule has 0 saturated heterocycles. The number of benzene rings is 1. The Bertz CT molecular complexity index is 616. The standard InChI is InChI=1S/C20H28N2O2/c1-20(2,3)17-8-6-14(7-9-17)19(24)22-21-18(23)12-16-11-13-4-5-15(16)10-13/h6-9,13,15-16H,4-5,10-12H2,1-3H3,(H,21,23)(H,22,24). The number of hydrogen-bond acceptors (Lipinski definition) is 2. The van der Waals surface area contributed by atoms with Crippen LogP contribution in [0.15, 0.2) is 24.3 Å². The zero-order valence-corrected chi connectivity index (χ0v) is 14.9. The molecule has 3 unspecified atom stereocenters. The predicted molar refractivity (Wildman–Crippen MR) is 94.3 cm³/mol. The van der Waals surface area contributed by atoms with Gasteiger partial charge in [0.1, 0.15) is 0 Å². The van der Waals surface area contributed by atoms with Gasteiger partial charge in [0.15, 0.2) is 0 Å². The number of carbonyl (C=O) groups is 2. The van der Waals surface area contributed by atoms with E-state index in [1.165, 1.54) is 31.2 Å². The third kappa shape index (κ3) is 3.80. The molecule has 2 aliphatic carbocycles. The maximum atomic E-state index is 12.1. The zero-order chi connectivity index (χ0) is 17.3. The van der Waals surface area contributed by atoms with Crippen molar-refractivity contribution in [3.63, 3.8) is 0 Å². The van der Waals surface area contributed by atoms with Crippen molar-refractivity contribution in [2.45, 2.75) is 58.3 Å². The third-order valence-electron chi connectivity index (χ3n) is 5.66. The number of hydrogen-bond donors (Lipinski definition) is 2. The van der Waals surface area contributed by atoms with E-state index in [1.54, 1.807) is 12.1 Å². The molecule has 2 saturated carbocycles. The summed E-state index contributed by atoms with van der Waals surface area (Å²) in [4.78, 5) is 24.2. The second kappa shape index (κ2) is 6.58. The van der Waals surface area contributed by atoms with Crippen molar-refractivity contribution in [1.82, 2.24) is 10.9 Å². The minimum absolute atomic E-state index is 0.0594. The Morgan fingerprint density at radius 2 is 1.75 bits per heavy atom. The summed E-state index contributed by atoms with van der Waals surface area (Å²) in [6.45, 7) is 6.41. The lowest BCUT2D eigenvalue weighted by Gasteiger charge is -2.21. The molecule has 2 aliphatic rings. The van der Waals surface area contributed by atoms with Gasteiger partial charge in [-0.25, -0.2) is 0 Å². The topological polar surface area (TPSA) is 58.2 Å². The normalized spacial score (nSPS) is 25.5. The summed E-state index contributed by atoms with van der Waals surface area (Å²) in [6, 6.07) is 7.54. The molecule has 3 atom stereocenters. The van der Waals surface area contributed by atoms with Crippen LogP contribution in [0.5, 0.6) is 0 Å². The summed E-state index contributed by atoms with van der Waals surface area (Å²) in [5.41, 5.74) is 6.91. The summed E-state index contributed by atoms with van der Waals surface area (Å²) < 4.78 is 0. The van der Waals surface area contributed by atoms with Crippen molar-refractivity contribution in [2.24, 2.45) is 17.8 Å². The molecule has 1 aromatic carbocycles. The largest absolute Gasteiger partial charge is 0.273 e. The molecule has 0 radical (unpaired) electrons. The molecular weight excluding hydrogens is 300 g/mol. The molecule has 130 valence electrons. The van der Waals surface area contributed by atoms with Gasteiger partial charge < -0.3 is 0 Å². The lowest BCUT2D eigenvalue weighted by molar-refractivity contribution is -0.123. The number of amides is 2. The van der Waals surface area contributed by atoms with E-state index in [0.717, 1.165) is 11.8 Å². The van der Waals surface area contributed by atoms with Crippen LogP contribution >= 0.6 is 0 Å². The first-order valence-corrected chi connectivity index (χ1v) is 9.02. The van der Waals surface area contributed by atoms with Crippen molar-refractivity contribution in [3.05, 3.63) is 35.4 Å². The van der Waals surface area contributed by atoms with Gasteiger partial charge in [0.05, 0.1) is 0 Å². The molecule has 0 aromatic heterocycles. The average Bonchev–Trinajstić information content (AvgIpc) is 3.14. The highest BCUT2D eigenvalue weighted by atomic mass is 16.2. The van der Waals surface area contributed by atoms with Crippen molar-refractivity contribution in [2.75, 3.05) is 0 Å². The van der Waals surface area contributed by atoms with E-state index in [4.69, 9.17) is 0 Å². The van der Waals surface area contributed by atoms with E-state index in [2.05, 4.69) is 31.6 Å². The highest BCUT2D eigenvalue weighted by Crippen LogP contribution is 2.49. The lowest BCUT2D eigenvalue weighted by Crippen LogP contribution is -2.42. The molecule has 2 amide bonds. The van der Waals surface area contributed by atoms with Crippen LogP contribution in [0, 0.1) is 17.8 Å². The fourth-order valence-corrected chi connectivity index (χ4v) is 4.24. The molecule has 2 fully saturated rings. The maximum absolute atomic E-state index is 12.1. The monoisotopic (exact) mass is 328 g/mol. The Hall–Kier alpha value is -1.84. The lowest BCUT2D eigenvalue weighted by atomic mass is 9.86. The van der Waals surface area contributed by atoms with E-state index in [9.17, 15) is 9.59 Å². The van der Waals surface area contributed by atoms with E-state index in [1.807, 2.05) is 12.1 Å². The second-order valence-corrected chi connectivity index (χ2v) is 8.47. The number of nitrogens with one attached hydrogen (secondary N) is 2. The molecule has 3 rings (SSSR count). The summed E-state index contributed by atoms with van der Waals surface area (Å²) in [7, 11) is 0. The van der Waals surface area contributed by atoms with Crippen LogP contribution < -0.4 is 10.9 Å². The average molecular weight is 328 g/mol. The first-order chi connectivity index (χ1) is 11.3. The van der Waals surface area contributed by atoms with Gasteiger partial charge in [-0.3, -0.25) is 20.4 Å². The summed E-state index contributed by atoms with van der Waals surface area (Å²) >= 11 is 0. The van der Waals surface area contributed by atoms with Crippen LogP contribution in [0.25, 0.3) is 0 Å². The van der Waals surface area contributed by atoms with Gasteiger partial charge in [-0.1, -0.05) is 39.3 Å². The number of hydrazine groups is 1. The van der Waals surface area contributed by atoms with Gasteiger partial charge in [0.2, 0.25) is 5.91 Å². The van der Waals surface area contributed by atoms with Crippen LogP contribution in [0.1, 0.15) is 68.8 Å². The molecule has 1 aromatic rings. The van der Waals surface area contributed by atoms with Crippen molar-refractivity contribution in [3.8, 4) is 0 Å². The number of rotatable bonds is 3. The highest BCUT2D eigenvalue weighted by molar-refractivity contribution is 5.95. The Labute approximate surface area is 144 Å². The Morgan fingerprint density at radius 3 is 2.29 bits per heavy atom. The second-order valence-electron chi connectivity index (χ2n) is 8.47. The van der Waals surface area contributed by atoms with Crippen molar-refractivity contribution < 1.29 is 9.59 Å². The van der Waals surface area contributed by atoms with Gasteiger partial charge >= 0.3 is 0 Å². The zero-order valence-electron chi connectivity index (χ0n) is 14.9. The summed E-state index contributed by atoms with van der Waals surface area (Å²) in [5.74, 6) is 1.72. The number of fused-ring (bicyclic) bond motifs is 2. The molecule has 0 spiro atoms. The fraction of sp³-hybridized carbons (Fsp3) is 0.600. The van der Waals surface area contributed by atoms with Crippen LogP contribution in [0.4, 0.5) is 0 Å². The minimum atomic E-state index is -0.267. The summed E-state index contributed by atoms with van der Waals surface area (Å²) in [5, 5.41) is 0. The first kappa shape index (κ1) is 17.0. The van der Waals surface area contributed by atoms with E-state index < -0.39 is 0 Å². The maximum Gasteiger partial charge on any atom is 0.269 e. The molecule has 0 aliphatic heterocycles. The molecule has 4 nitrogen and oxygen atoms in total. The quantitative estimate of drug-likeness (QED) is 0.833. The van der Waals surface area contributed by atoms with Crippen molar-refractivity contribution in [1.29, 1.82) is 0 Å². The van der Waals surface area contributed by atoms with E-state index in [-0.39, 0.29) is 17.2 Å². The molecule has 24 heavy (non-hydrogen) atoms. The van der Waals surface area contributed by atoms with E-state index >= 15 is 0 Å². The summed E-state index contributed by atoms with van der Waals surface area (Å²) in [6.07, 6.45) is 5.62. The Morgan fingerprint density at radius 1 is 1.04 bits per heavy atom. The van der Waals surface area contributed by atoms with Crippen LogP contribution in [0.2, 0.25) is 0 Å². The van der Waals surface area contributed by atoms with Crippen LogP contribution in [0.3, 0.4) is 0 Å². The van der Waals surface area contributed by atoms with Gasteiger partial charge in [0.25, 0.3) is 5.91 Å². The SMILES string of the molecule is CC(C)(C)c1ccc(C(=O)NNC(=O)CC2CC3CCC2C3)cc1. The Kier molecular flexibility index (Phi) is 4.66. The molecule has 2 N–H and O–H groups in total.